The Morgan fingerprint density at radius 2 is 1.85 bits per heavy atom. The fraction of sp³-hybridized carbons (Fsp3) is 0.737. The molecule has 3 atom stereocenters. The van der Waals surface area contributed by atoms with E-state index in [4.69, 9.17) is 17.0 Å². The second-order valence-corrected chi connectivity index (χ2v) is 10.4. The molecule has 1 aromatic rings. The highest BCUT2D eigenvalue weighted by molar-refractivity contribution is 7.89. The number of quaternary nitrogens is 1. The Kier molecular flexibility index (Phi) is 5.99. The number of piperidine rings is 1. The second-order valence-electron chi connectivity index (χ2n) is 8.05. The Morgan fingerprint density at radius 1 is 1.11 bits per heavy atom. The lowest BCUT2D eigenvalue weighted by Gasteiger charge is -2.41. The maximum atomic E-state index is 13.0. The van der Waals surface area contributed by atoms with E-state index in [9.17, 15) is 8.42 Å². The Bertz CT molecular complexity index is 816. The molecule has 4 rings (SSSR count). The van der Waals surface area contributed by atoms with Crippen LogP contribution in [0.25, 0.3) is 0 Å². The predicted molar refractivity (Wildman–Crippen MR) is 106 cm³/mol. The summed E-state index contributed by atoms with van der Waals surface area (Å²) in [4.78, 5) is 1.91. The van der Waals surface area contributed by atoms with Gasteiger partial charge in [0.15, 0.2) is 6.67 Å². The zero-order valence-corrected chi connectivity index (χ0v) is 17.4. The number of morpholine rings is 1. The van der Waals surface area contributed by atoms with Crippen LogP contribution in [0.15, 0.2) is 23.2 Å². The molecule has 2 aliphatic heterocycles. The number of ether oxygens (including phenoxy) is 1. The van der Waals surface area contributed by atoms with Crippen molar-refractivity contribution in [3.8, 4) is 0 Å². The van der Waals surface area contributed by atoms with Crippen molar-refractivity contribution < 1.29 is 18.1 Å². The van der Waals surface area contributed by atoms with Crippen LogP contribution >= 0.6 is 12.2 Å². The first-order valence-electron chi connectivity index (χ1n) is 10.2. The smallest absolute Gasteiger partial charge is 0.244 e. The molecule has 0 radical (unpaired) electrons. The molecular formula is C19H30N3O3S2+. The molecule has 150 valence electrons. The summed E-state index contributed by atoms with van der Waals surface area (Å²) in [7, 11) is -3.49. The number of nitrogens with zero attached hydrogens (tertiary/aromatic N) is 2. The topological polar surface area (TPSA) is 56.0 Å². The van der Waals surface area contributed by atoms with E-state index in [0.717, 1.165) is 19.1 Å². The number of aromatic nitrogens is 1. The van der Waals surface area contributed by atoms with Gasteiger partial charge in [0.05, 0.1) is 30.7 Å². The molecular weight excluding hydrogens is 382 g/mol. The Hall–Kier alpha value is -0.800. The van der Waals surface area contributed by atoms with Gasteiger partial charge in [-0.1, -0.05) is 18.6 Å². The summed E-state index contributed by atoms with van der Waals surface area (Å²) in [6, 6.07) is 4.12. The van der Waals surface area contributed by atoms with E-state index in [1.165, 1.54) is 42.8 Å². The van der Waals surface area contributed by atoms with Crippen molar-refractivity contribution in [3.63, 3.8) is 0 Å². The van der Waals surface area contributed by atoms with Gasteiger partial charge < -0.3 is 9.64 Å². The van der Waals surface area contributed by atoms with E-state index in [0.29, 0.717) is 41.9 Å². The second kappa shape index (κ2) is 8.29. The fourth-order valence-electron chi connectivity index (χ4n) is 5.00. The quantitative estimate of drug-likeness (QED) is 0.761. The van der Waals surface area contributed by atoms with Gasteiger partial charge in [0.1, 0.15) is 4.64 Å². The van der Waals surface area contributed by atoms with Gasteiger partial charge in [-0.25, -0.2) is 8.42 Å². The Labute approximate surface area is 167 Å². The molecule has 2 saturated heterocycles. The third-order valence-corrected chi connectivity index (χ3v) is 8.70. The van der Waals surface area contributed by atoms with Crippen molar-refractivity contribution in [1.82, 2.24) is 8.87 Å². The van der Waals surface area contributed by atoms with Gasteiger partial charge in [-0.3, -0.25) is 4.57 Å². The van der Waals surface area contributed by atoms with Crippen molar-refractivity contribution in [3.05, 3.63) is 23.0 Å². The average molecular weight is 413 g/mol. The molecule has 8 heteroatoms. The maximum Gasteiger partial charge on any atom is 0.244 e. The normalized spacial score (nSPS) is 30.0. The lowest BCUT2D eigenvalue weighted by Crippen LogP contribution is -3.17. The molecule has 0 aromatic carbocycles. The van der Waals surface area contributed by atoms with Gasteiger partial charge >= 0.3 is 0 Å². The number of fused-ring (bicyclic) bond motifs is 1. The van der Waals surface area contributed by atoms with Crippen LogP contribution in [0.5, 0.6) is 0 Å². The summed E-state index contributed by atoms with van der Waals surface area (Å²) >= 11 is 5.53. The van der Waals surface area contributed by atoms with Gasteiger partial charge in [0.25, 0.3) is 0 Å². The van der Waals surface area contributed by atoms with Crippen LogP contribution in [0.4, 0.5) is 0 Å². The molecule has 0 amide bonds. The number of nitrogens with one attached hydrogen (secondary N) is 1. The number of likely N-dealkylation sites (tertiary alicyclic amines) is 1. The van der Waals surface area contributed by atoms with Crippen LogP contribution in [0.1, 0.15) is 38.5 Å². The predicted octanol–water partition coefficient (Wildman–Crippen LogP) is 1.43. The van der Waals surface area contributed by atoms with Gasteiger partial charge in [-0.15, -0.1) is 0 Å². The molecule has 3 fully saturated rings. The van der Waals surface area contributed by atoms with Crippen LogP contribution in [0, 0.1) is 10.6 Å². The number of rotatable bonds is 4. The maximum absolute atomic E-state index is 13.0. The van der Waals surface area contributed by atoms with E-state index >= 15 is 0 Å². The first kappa shape index (κ1) is 19.5. The van der Waals surface area contributed by atoms with Crippen molar-refractivity contribution in [2.24, 2.45) is 5.92 Å². The minimum absolute atomic E-state index is 0.342. The van der Waals surface area contributed by atoms with E-state index in [-0.39, 0.29) is 0 Å². The zero-order valence-electron chi connectivity index (χ0n) is 15.8. The summed E-state index contributed by atoms with van der Waals surface area (Å²) < 4.78 is 35.5. The van der Waals surface area contributed by atoms with Crippen molar-refractivity contribution in [2.75, 3.05) is 32.8 Å². The van der Waals surface area contributed by atoms with Gasteiger partial charge in [-0.2, -0.15) is 4.31 Å². The largest absolute Gasteiger partial charge is 0.379 e. The molecule has 1 aromatic heterocycles. The number of hydrogen-bond donors (Lipinski definition) is 1. The molecule has 1 aliphatic carbocycles. The number of pyridine rings is 1. The Balaban J connectivity index is 1.56. The molecule has 27 heavy (non-hydrogen) atoms. The van der Waals surface area contributed by atoms with Gasteiger partial charge in [-0.05, 0) is 44.2 Å². The van der Waals surface area contributed by atoms with Crippen LogP contribution in [-0.4, -0.2) is 56.2 Å². The molecule has 0 spiro atoms. The number of hydrogen-bond acceptors (Lipinski definition) is 4. The minimum atomic E-state index is -3.49. The molecule has 3 aliphatic rings. The molecule has 6 nitrogen and oxygen atoms in total. The average Bonchev–Trinajstić information content (AvgIpc) is 2.70. The molecule has 1 saturated carbocycles. The standard InChI is InChI=1S/C19H29N3O3S2/c23-27(24,22-10-12-25-13-11-22)17-7-8-19(26)21(14-17)15-20-9-3-5-16-4-1-2-6-18(16)20/h7-8,14,16,18H,1-6,9-13,15H2/p+1/t16-,18+/m1/s1. The molecule has 1 N–H and O–H groups in total. The van der Waals surface area contributed by atoms with Gasteiger partial charge in [0.2, 0.25) is 10.0 Å². The highest BCUT2D eigenvalue weighted by atomic mass is 32.2. The van der Waals surface area contributed by atoms with Crippen molar-refractivity contribution >= 4 is 22.2 Å². The third kappa shape index (κ3) is 4.15. The van der Waals surface area contributed by atoms with Crippen LogP contribution in [-0.2, 0) is 21.4 Å². The highest BCUT2D eigenvalue weighted by Crippen LogP contribution is 2.28. The lowest BCUT2D eigenvalue weighted by molar-refractivity contribution is -0.957. The van der Waals surface area contributed by atoms with Crippen LogP contribution < -0.4 is 4.90 Å². The van der Waals surface area contributed by atoms with E-state index in [1.54, 1.807) is 23.2 Å². The van der Waals surface area contributed by atoms with Gasteiger partial charge in [0, 0.05) is 25.2 Å². The van der Waals surface area contributed by atoms with E-state index < -0.39 is 10.0 Å². The first-order chi connectivity index (χ1) is 13.1. The van der Waals surface area contributed by atoms with Crippen molar-refractivity contribution in [1.29, 1.82) is 0 Å². The third-order valence-electron chi connectivity index (χ3n) is 6.44. The summed E-state index contributed by atoms with van der Waals surface area (Å²) in [5, 5.41) is 0. The monoisotopic (exact) mass is 412 g/mol. The van der Waals surface area contributed by atoms with E-state index in [2.05, 4.69) is 0 Å². The fourth-order valence-corrected chi connectivity index (χ4v) is 6.62. The Morgan fingerprint density at radius 3 is 2.67 bits per heavy atom. The number of sulfonamides is 1. The lowest BCUT2D eigenvalue weighted by atomic mass is 9.78. The summed E-state index contributed by atoms with van der Waals surface area (Å²) in [6.07, 6.45) is 9.69. The molecule has 3 heterocycles. The zero-order chi connectivity index (χ0) is 18.9. The van der Waals surface area contributed by atoms with Crippen LogP contribution in [0.3, 0.4) is 0 Å². The van der Waals surface area contributed by atoms with Crippen molar-refractivity contribution in [2.45, 2.75) is 56.1 Å². The van der Waals surface area contributed by atoms with E-state index in [1.807, 2.05) is 4.57 Å². The first-order valence-corrected chi connectivity index (χ1v) is 12.0. The summed E-state index contributed by atoms with van der Waals surface area (Å²) in [5.41, 5.74) is 0. The molecule has 0 bridgehead atoms. The summed E-state index contributed by atoms with van der Waals surface area (Å²) in [6.45, 7) is 3.67. The van der Waals surface area contributed by atoms with Crippen LogP contribution in [0.2, 0.25) is 0 Å². The summed E-state index contributed by atoms with van der Waals surface area (Å²) in [5.74, 6) is 0.830. The highest BCUT2D eigenvalue weighted by Gasteiger charge is 2.36. The SMILES string of the molecule is O=S(=O)(c1ccc(=S)n(C[NH+]2CCC[C@H]3CCCC[C@@H]32)c1)N1CCOCC1. The molecule has 1 unspecified atom stereocenters. The minimum Gasteiger partial charge on any atom is -0.379 e.